The molecule has 3 aromatic rings. The minimum atomic E-state index is -0.174. The van der Waals surface area contributed by atoms with Gasteiger partial charge in [-0.3, -0.25) is 4.79 Å². The van der Waals surface area contributed by atoms with Gasteiger partial charge in [0, 0.05) is 32.4 Å². The highest BCUT2D eigenvalue weighted by Crippen LogP contribution is 2.30. The first kappa shape index (κ1) is 25.7. The lowest BCUT2D eigenvalue weighted by Crippen LogP contribution is -2.49. The monoisotopic (exact) mass is 523 g/mol. The van der Waals surface area contributed by atoms with E-state index in [0.717, 1.165) is 0 Å². The highest BCUT2D eigenvalue weighted by molar-refractivity contribution is 6.36. The Balaban J connectivity index is 1.48. The second-order valence-electron chi connectivity index (χ2n) is 9.70. The van der Waals surface area contributed by atoms with Crippen LogP contribution in [0.3, 0.4) is 0 Å². The fourth-order valence-electron chi connectivity index (χ4n) is 4.02. The number of piperazine rings is 1. The van der Waals surface area contributed by atoms with Crippen molar-refractivity contribution < 1.29 is 9.53 Å². The molecule has 1 aliphatic rings. The molecular formula is C27H27Cl2N5O2. The van der Waals surface area contributed by atoms with E-state index >= 15 is 0 Å². The SMILES string of the molecule is Cc1nc(Oc2ccc(C(C)(C)C)cc2)c(C#N)cc1C(=O)N1CCN(c2ncc(Cl)cc2Cl)CC1. The van der Waals surface area contributed by atoms with Crippen LogP contribution in [0.5, 0.6) is 11.6 Å². The van der Waals surface area contributed by atoms with Crippen LogP contribution in [0.4, 0.5) is 5.82 Å². The van der Waals surface area contributed by atoms with Crippen molar-refractivity contribution in [2.45, 2.75) is 33.1 Å². The Hall–Kier alpha value is -3.34. The molecule has 1 aliphatic heterocycles. The lowest BCUT2D eigenvalue weighted by atomic mass is 9.87. The van der Waals surface area contributed by atoms with E-state index in [-0.39, 0.29) is 22.8 Å². The second-order valence-corrected chi connectivity index (χ2v) is 10.5. The van der Waals surface area contributed by atoms with Crippen molar-refractivity contribution in [2.24, 2.45) is 0 Å². The van der Waals surface area contributed by atoms with Crippen LogP contribution in [0, 0.1) is 18.3 Å². The van der Waals surface area contributed by atoms with Crippen molar-refractivity contribution in [1.82, 2.24) is 14.9 Å². The molecule has 1 fully saturated rings. The average Bonchev–Trinajstić information content (AvgIpc) is 2.84. The third-order valence-electron chi connectivity index (χ3n) is 6.12. The number of carbonyl (C=O) groups excluding carboxylic acids is 1. The van der Waals surface area contributed by atoms with Crippen LogP contribution in [0.15, 0.2) is 42.6 Å². The van der Waals surface area contributed by atoms with Crippen LogP contribution >= 0.6 is 23.2 Å². The van der Waals surface area contributed by atoms with Crippen molar-refractivity contribution >= 4 is 34.9 Å². The number of hydrogen-bond donors (Lipinski definition) is 0. The van der Waals surface area contributed by atoms with E-state index in [1.807, 2.05) is 29.2 Å². The Morgan fingerprint density at radius 1 is 1.08 bits per heavy atom. The Morgan fingerprint density at radius 2 is 1.75 bits per heavy atom. The zero-order valence-corrected chi connectivity index (χ0v) is 22.2. The first-order chi connectivity index (χ1) is 17.1. The van der Waals surface area contributed by atoms with Crippen LogP contribution in [0.1, 0.15) is 48.0 Å². The van der Waals surface area contributed by atoms with Crippen molar-refractivity contribution in [3.8, 4) is 17.7 Å². The Labute approximate surface area is 221 Å². The van der Waals surface area contributed by atoms with Crippen molar-refractivity contribution in [1.29, 1.82) is 5.26 Å². The molecule has 0 atom stereocenters. The van der Waals surface area contributed by atoms with E-state index in [1.165, 1.54) is 5.56 Å². The molecule has 7 nitrogen and oxygen atoms in total. The fourth-order valence-corrected chi connectivity index (χ4v) is 4.52. The lowest BCUT2D eigenvalue weighted by Gasteiger charge is -2.36. The Kier molecular flexibility index (Phi) is 7.39. The number of amides is 1. The smallest absolute Gasteiger partial charge is 0.255 e. The number of nitrogens with zero attached hydrogens (tertiary/aromatic N) is 5. The number of rotatable bonds is 4. The number of carbonyl (C=O) groups is 1. The summed E-state index contributed by atoms with van der Waals surface area (Å²) in [4.78, 5) is 25.9. The molecule has 9 heteroatoms. The summed E-state index contributed by atoms with van der Waals surface area (Å²) in [6.45, 7) is 10.3. The van der Waals surface area contributed by atoms with E-state index in [1.54, 1.807) is 30.2 Å². The number of hydrogen-bond acceptors (Lipinski definition) is 6. The molecule has 1 amide bonds. The average molecular weight is 524 g/mol. The molecule has 0 N–H and O–H groups in total. The molecule has 1 aromatic carbocycles. The van der Waals surface area contributed by atoms with Gasteiger partial charge in [-0.15, -0.1) is 0 Å². The second kappa shape index (κ2) is 10.3. The van der Waals surface area contributed by atoms with Crippen LogP contribution in [0.2, 0.25) is 10.0 Å². The molecule has 3 heterocycles. The zero-order valence-electron chi connectivity index (χ0n) is 20.7. The van der Waals surface area contributed by atoms with Crippen molar-refractivity contribution in [2.75, 3.05) is 31.1 Å². The molecule has 0 bridgehead atoms. The number of anilines is 1. The maximum Gasteiger partial charge on any atom is 0.255 e. The van der Waals surface area contributed by atoms with Crippen LogP contribution in [0.25, 0.3) is 0 Å². The first-order valence-electron chi connectivity index (χ1n) is 11.6. The van der Waals surface area contributed by atoms with Gasteiger partial charge in [-0.1, -0.05) is 56.1 Å². The molecule has 4 rings (SSSR count). The minimum Gasteiger partial charge on any atom is -0.438 e. The maximum absolute atomic E-state index is 13.3. The normalized spacial score (nSPS) is 13.9. The number of halogens is 2. The number of pyridine rings is 2. The molecule has 1 saturated heterocycles. The van der Waals surface area contributed by atoms with Crippen LogP contribution in [-0.2, 0) is 5.41 Å². The molecule has 36 heavy (non-hydrogen) atoms. The highest BCUT2D eigenvalue weighted by atomic mass is 35.5. The number of nitriles is 1. The van der Waals surface area contributed by atoms with Gasteiger partial charge in [0.1, 0.15) is 23.2 Å². The zero-order chi connectivity index (χ0) is 26.0. The number of aromatic nitrogens is 2. The van der Waals surface area contributed by atoms with Crippen LogP contribution < -0.4 is 9.64 Å². The van der Waals surface area contributed by atoms with E-state index in [0.29, 0.717) is 59.0 Å². The van der Waals surface area contributed by atoms with Gasteiger partial charge in [-0.05, 0) is 42.2 Å². The van der Waals surface area contributed by atoms with Gasteiger partial charge >= 0.3 is 0 Å². The summed E-state index contributed by atoms with van der Waals surface area (Å²) in [5, 5.41) is 10.7. The summed E-state index contributed by atoms with van der Waals surface area (Å²) < 4.78 is 5.92. The lowest BCUT2D eigenvalue weighted by molar-refractivity contribution is 0.0745. The van der Waals surface area contributed by atoms with Gasteiger partial charge in [-0.25, -0.2) is 9.97 Å². The van der Waals surface area contributed by atoms with Crippen molar-refractivity contribution in [3.63, 3.8) is 0 Å². The minimum absolute atomic E-state index is 0.0241. The molecule has 0 saturated carbocycles. The molecule has 2 aromatic heterocycles. The summed E-state index contributed by atoms with van der Waals surface area (Å²) in [5.41, 5.74) is 2.30. The standard InChI is InChI=1S/C27H27Cl2N5O2/c1-17-22(26(35)34-11-9-33(10-12-34)24-23(29)14-20(28)16-31-24)13-18(15-30)25(32-17)36-21-7-5-19(6-8-21)27(2,3)4/h5-8,13-14,16H,9-12H2,1-4H3. The first-order valence-corrected chi connectivity index (χ1v) is 12.4. The molecule has 0 unspecified atom stereocenters. The van der Waals surface area contributed by atoms with Gasteiger partial charge in [0.25, 0.3) is 5.91 Å². The third kappa shape index (κ3) is 5.56. The topological polar surface area (TPSA) is 82.3 Å². The largest absolute Gasteiger partial charge is 0.438 e. The Bertz CT molecular complexity index is 1320. The third-order valence-corrected chi connectivity index (χ3v) is 6.60. The Morgan fingerprint density at radius 3 is 2.33 bits per heavy atom. The number of aryl methyl sites for hydroxylation is 1. The van der Waals surface area contributed by atoms with Gasteiger partial charge in [0.15, 0.2) is 0 Å². The van der Waals surface area contributed by atoms with Crippen LogP contribution in [-0.4, -0.2) is 47.0 Å². The summed E-state index contributed by atoms with van der Waals surface area (Å²) in [7, 11) is 0. The van der Waals surface area contributed by atoms with E-state index in [9.17, 15) is 10.1 Å². The fraction of sp³-hybridized carbons (Fsp3) is 0.333. The summed E-state index contributed by atoms with van der Waals surface area (Å²) in [6, 6.07) is 13.1. The number of ether oxygens (including phenoxy) is 1. The molecule has 0 aliphatic carbocycles. The molecule has 186 valence electrons. The summed E-state index contributed by atoms with van der Waals surface area (Å²) >= 11 is 12.2. The van der Waals surface area contributed by atoms with E-state index in [4.69, 9.17) is 27.9 Å². The predicted octanol–water partition coefficient (Wildman–Crippen LogP) is 6.02. The van der Waals surface area contributed by atoms with Gasteiger partial charge in [0.2, 0.25) is 5.88 Å². The van der Waals surface area contributed by atoms with E-state index in [2.05, 4.69) is 36.8 Å². The quantitative estimate of drug-likeness (QED) is 0.416. The summed E-state index contributed by atoms with van der Waals surface area (Å²) in [6.07, 6.45) is 1.56. The van der Waals surface area contributed by atoms with Crippen molar-refractivity contribution in [3.05, 3.63) is 75.0 Å². The van der Waals surface area contributed by atoms with Gasteiger partial charge in [-0.2, -0.15) is 5.26 Å². The molecule has 0 spiro atoms. The molecular weight excluding hydrogens is 497 g/mol. The highest BCUT2D eigenvalue weighted by Gasteiger charge is 2.26. The molecule has 0 radical (unpaired) electrons. The summed E-state index contributed by atoms with van der Waals surface area (Å²) in [5.74, 6) is 1.24. The number of benzene rings is 1. The predicted molar refractivity (Wildman–Crippen MR) is 141 cm³/mol. The maximum atomic E-state index is 13.3. The van der Waals surface area contributed by atoms with Gasteiger partial charge in [0.05, 0.1) is 21.3 Å². The van der Waals surface area contributed by atoms with E-state index < -0.39 is 0 Å². The van der Waals surface area contributed by atoms with Gasteiger partial charge < -0.3 is 14.5 Å².